The summed E-state index contributed by atoms with van der Waals surface area (Å²) >= 11 is 3.58. The fourth-order valence-corrected chi connectivity index (χ4v) is 18.0. The first-order chi connectivity index (χ1) is 66.6. The first-order valence-corrected chi connectivity index (χ1v) is 49.4. The van der Waals surface area contributed by atoms with Crippen LogP contribution in [0.1, 0.15) is 186 Å². The van der Waals surface area contributed by atoms with E-state index in [4.69, 9.17) is 34.4 Å². The highest BCUT2D eigenvalue weighted by Gasteiger charge is 2.35. The van der Waals surface area contributed by atoms with E-state index in [2.05, 4.69) is 249 Å². The molecule has 0 spiro atoms. The lowest BCUT2D eigenvalue weighted by Crippen LogP contribution is -2.48. The summed E-state index contributed by atoms with van der Waals surface area (Å²) in [6.07, 6.45) is 13.4. The van der Waals surface area contributed by atoms with Crippen LogP contribution in [-0.4, -0.2) is 199 Å². The van der Waals surface area contributed by atoms with E-state index in [0.29, 0.717) is 112 Å². The highest BCUT2D eigenvalue weighted by Crippen LogP contribution is 2.36. The van der Waals surface area contributed by atoms with Gasteiger partial charge in [-0.2, -0.15) is 0 Å². The maximum Gasteiger partial charge on any atom is 0.270 e. The summed E-state index contributed by atoms with van der Waals surface area (Å²) in [7, 11) is 3.42. The highest BCUT2D eigenvalue weighted by molar-refractivity contribution is 9.10. The largest absolute Gasteiger partial charge is 0.358 e. The Bertz CT molecular complexity index is 6430. The molecule has 742 valence electrons. The van der Waals surface area contributed by atoms with Crippen molar-refractivity contribution >= 4 is 112 Å². The van der Waals surface area contributed by atoms with Crippen molar-refractivity contribution in [2.24, 2.45) is 58.1 Å². The SMILES string of the molecule is C.C.CNC(=O)[C@@H]1C[C@H](N(C)C(=O)c2cc3ccc(-c4ccc(C)cc4)cc3[nH]2)CN1.Cc1ccc(-c2ccc3[nH]c(C(=O)NC[C@@H](N)CCCN)c(Br)c3c2)cc1.Cc1ccc(-c2ccc3cc(C(=O)NC[C@@H]4CC(NC(=O)[C@H](N)C(C)C)CN4)[nH]c3c2)cc1.NCCC[C@H](N)CNC(=O)c1cc2ccc(C#CC3CC3)cc2[nH]1.NC[C@H]1CN[C@H](CNC(=O)c2cc3ccc(CCC4CC4)cc3[nH]2)C1. The van der Waals surface area contributed by atoms with Gasteiger partial charge in [0.15, 0.2) is 0 Å². The number of halogens is 1. The van der Waals surface area contributed by atoms with Crippen molar-refractivity contribution in [1.82, 2.24) is 77.7 Å². The van der Waals surface area contributed by atoms with Gasteiger partial charge >= 0.3 is 0 Å². The van der Waals surface area contributed by atoms with Crippen molar-refractivity contribution < 1.29 is 33.6 Å². The molecule has 13 aromatic rings. The molecule has 3 saturated heterocycles. The number of rotatable bonds is 31. The zero-order valence-corrected chi connectivity index (χ0v) is 81.8. The van der Waals surface area contributed by atoms with Crippen LogP contribution in [0.25, 0.3) is 87.9 Å². The van der Waals surface area contributed by atoms with Gasteiger partial charge in [-0.3, -0.25) is 33.6 Å². The molecular formula is C111H144BrN21O7. The molecule has 5 aliphatic rings. The van der Waals surface area contributed by atoms with Crippen LogP contribution < -0.4 is 82.3 Å². The number of nitrogens with one attached hydrogen (secondary N) is 14. The third-order valence-electron chi connectivity index (χ3n) is 26.6. The molecule has 3 aliphatic heterocycles. The van der Waals surface area contributed by atoms with E-state index >= 15 is 0 Å². The van der Waals surface area contributed by atoms with Gasteiger partial charge in [-0.15, -0.1) is 0 Å². The Hall–Kier alpha value is -12.6. The predicted molar refractivity (Wildman–Crippen MR) is 572 cm³/mol. The van der Waals surface area contributed by atoms with Crippen molar-refractivity contribution in [3.63, 3.8) is 0 Å². The number of amides is 7. The summed E-state index contributed by atoms with van der Waals surface area (Å²) in [5.41, 5.74) is 54.9. The van der Waals surface area contributed by atoms with E-state index in [1.165, 1.54) is 54.4 Å². The van der Waals surface area contributed by atoms with E-state index < -0.39 is 6.04 Å². The van der Waals surface area contributed by atoms with Gasteiger partial charge in [0.25, 0.3) is 29.5 Å². The second-order valence-electron chi connectivity index (χ2n) is 38.1. The minimum Gasteiger partial charge on any atom is -0.358 e. The number of carbonyl (C=O) groups is 7. The zero-order valence-electron chi connectivity index (χ0n) is 80.2. The molecule has 28 nitrogen and oxygen atoms in total. The molecule has 140 heavy (non-hydrogen) atoms. The van der Waals surface area contributed by atoms with Crippen molar-refractivity contribution in [2.75, 3.05) is 79.5 Å². The minimum atomic E-state index is -0.503. The number of carbonyl (C=O) groups excluding carboxylic acids is 7. The maximum atomic E-state index is 13.0. The summed E-state index contributed by atoms with van der Waals surface area (Å²) < 4.78 is 0.763. The Morgan fingerprint density at radius 1 is 0.486 bits per heavy atom. The van der Waals surface area contributed by atoms with Crippen molar-refractivity contribution in [2.45, 2.75) is 181 Å². The second-order valence-corrected chi connectivity index (χ2v) is 38.9. The topological polar surface area (TPSA) is 466 Å². The van der Waals surface area contributed by atoms with E-state index in [-0.39, 0.29) is 98.4 Å². The number of nitrogens with two attached hydrogens (primary N) is 6. The van der Waals surface area contributed by atoms with Gasteiger partial charge in [-0.05, 0) is 257 Å². The van der Waals surface area contributed by atoms with Crippen molar-refractivity contribution in [3.8, 4) is 45.2 Å². The third kappa shape index (κ3) is 29.3. The average Bonchev–Trinajstić information content (AvgIpc) is 1.62. The van der Waals surface area contributed by atoms with Crippen LogP contribution >= 0.6 is 15.9 Å². The first-order valence-electron chi connectivity index (χ1n) is 48.6. The number of aromatic amines is 5. The third-order valence-corrected chi connectivity index (χ3v) is 27.4. The summed E-state index contributed by atoms with van der Waals surface area (Å²) in [4.78, 5) is 105. The van der Waals surface area contributed by atoms with Gasteiger partial charge in [0.2, 0.25) is 11.8 Å². The van der Waals surface area contributed by atoms with Gasteiger partial charge < -0.3 is 112 Å². The quantitative estimate of drug-likeness (QED) is 0.0179. The molecule has 9 atom stereocenters. The van der Waals surface area contributed by atoms with E-state index in [9.17, 15) is 33.6 Å². The summed E-state index contributed by atoms with van der Waals surface area (Å²) in [5.74, 6) is 7.90. The fourth-order valence-electron chi connectivity index (χ4n) is 17.4. The fraction of sp³-hybridized carbons (Fsp3) is 0.396. The van der Waals surface area contributed by atoms with E-state index in [1.54, 1.807) is 19.0 Å². The average molecular weight is 1960 g/mol. The number of hydrogen-bond acceptors (Lipinski definition) is 16. The van der Waals surface area contributed by atoms with Crippen LogP contribution in [0.4, 0.5) is 0 Å². The van der Waals surface area contributed by atoms with Gasteiger partial charge in [0.1, 0.15) is 28.5 Å². The van der Waals surface area contributed by atoms with E-state index in [1.807, 2.05) is 74.5 Å². The molecule has 8 aromatic carbocycles. The van der Waals surface area contributed by atoms with Gasteiger partial charge in [-0.1, -0.05) is 191 Å². The van der Waals surface area contributed by atoms with Crippen LogP contribution in [0, 0.1) is 56.3 Å². The molecule has 29 heteroatoms. The highest BCUT2D eigenvalue weighted by atomic mass is 79.9. The molecule has 26 N–H and O–H groups in total. The van der Waals surface area contributed by atoms with Crippen molar-refractivity contribution in [1.29, 1.82) is 0 Å². The number of benzene rings is 8. The number of fused-ring (bicyclic) bond motifs is 5. The summed E-state index contributed by atoms with van der Waals surface area (Å²) in [6, 6.07) is 63.3. The van der Waals surface area contributed by atoms with Gasteiger partial charge in [0.05, 0.1) is 16.6 Å². The number of likely N-dealkylation sites (N-methyl/N-ethyl adjacent to an activating group) is 2. The van der Waals surface area contributed by atoms with Crippen molar-refractivity contribution in [3.05, 3.63) is 249 Å². The second kappa shape index (κ2) is 50.5. The Labute approximate surface area is 830 Å². The molecule has 0 radical (unpaired) electrons. The number of hydrogen-bond donors (Lipinski definition) is 20. The summed E-state index contributed by atoms with van der Waals surface area (Å²) in [5, 5.41) is 32.5. The molecule has 5 fully saturated rings. The standard InChI is InChI=1S/C26H33N5O2.C23H26N4O2.C21H25BrN4O.C20H28N4O.C19H24N4O.2CH4/c1-15(2)24(27)26(33)30-21-12-20(28-14-21)13-29-25(32)23-11-19-9-8-18(10-22(19)31-23)17-6-4-16(3)5-7-17;1-14-4-6-15(7-5-14)16-8-9-17-11-21(26-19(17)10-16)23(29)27(3)18-12-20(25-13-18)22(28)24-2;1-13-4-6-14(7-5-13)15-8-9-18-17(11-15)19(22)20(26-18)21(27)25-12-16(24)3-2-10-23;21-10-15-7-17(22-11-15)12-23-20(25)19-9-16-6-5-14(8-18(16)24-19)4-3-13-1-2-13;20-9-1-2-16(21)12-22-19(24)18-11-15-8-7-14(10-17(15)23-18)6-5-13-3-4-13;;/h4-11,15,20-21,24,28,31H,12-14,27H2,1-3H3,(H,29,32)(H,30,33);4-11,18,20,25-26H,12-13H2,1-3H3,(H,24,28);4-9,11,16,26H,2-3,10,12,23-24H2,1H3,(H,25,27);5-6,8-9,13,15,17,22,24H,1-4,7,10-12,21H2,(H,23,25);7-8,10-11,13,16,23H,1-4,9,12,20-21H2,(H,22,24);2*1H4/t20-,21?,24+;18-,20-;16-;15-,17-;16-;;/m00000../s1. The number of nitrogens with zero attached hydrogens (tertiary/aromatic N) is 1. The van der Waals surface area contributed by atoms with Crippen LogP contribution in [0.15, 0.2) is 193 Å². The predicted octanol–water partition coefficient (Wildman–Crippen LogP) is 14.3. The Morgan fingerprint density at radius 3 is 1.47 bits per heavy atom. The molecule has 7 amide bonds. The lowest BCUT2D eigenvalue weighted by Gasteiger charge is -2.23. The Kier molecular flexibility index (Phi) is 38.4. The molecule has 5 aromatic heterocycles. The minimum absolute atomic E-state index is 0. The first kappa shape index (κ1) is 106. The lowest BCUT2D eigenvalue weighted by atomic mass is 10.0. The van der Waals surface area contributed by atoms with Gasteiger partial charge in [0, 0.05) is 156 Å². The van der Waals surface area contributed by atoms with Crippen LogP contribution in [0.2, 0.25) is 0 Å². The normalized spacial score (nSPS) is 17.4. The Balaban J connectivity index is 0.000000157. The van der Waals surface area contributed by atoms with Crippen LogP contribution in [0.5, 0.6) is 0 Å². The van der Waals surface area contributed by atoms with Crippen LogP contribution in [-0.2, 0) is 16.0 Å². The summed E-state index contributed by atoms with van der Waals surface area (Å²) in [6.45, 7) is 16.3. The number of aryl methyl sites for hydroxylation is 4. The number of aromatic nitrogens is 5. The smallest absolute Gasteiger partial charge is 0.270 e. The molecule has 8 heterocycles. The van der Waals surface area contributed by atoms with E-state index in [0.717, 1.165) is 155 Å². The molecule has 18 rings (SSSR count). The molecule has 2 aliphatic carbocycles. The molecular weight excluding hydrogens is 1820 g/mol. The molecule has 2 saturated carbocycles. The van der Waals surface area contributed by atoms with Gasteiger partial charge in [-0.25, -0.2) is 0 Å². The zero-order chi connectivity index (χ0) is 97.6. The molecule has 1 unspecified atom stereocenters. The van der Waals surface area contributed by atoms with Crippen LogP contribution in [0.3, 0.4) is 0 Å². The monoisotopic (exact) mass is 1960 g/mol. The molecule has 0 bridgehead atoms. The maximum absolute atomic E-state index is 13.0. The Morgan fingerprint density at radius 2 is 0.957 bits per heavy atom. The number of H-pyrrole nitrogens is 5. The lowest BCUT2D eigenvalue weighted by molar-refractivity contribution is -0.124.